The smallest absolute Gasteiger partial charge is 0.314 e. The van der Waals surface area contributed by atoms with Crippen LogP contribution in [0.1, 0.15) is 5.56 Å². The average molecular weight is 276 g/mol. The van der Waals surface area contributed by atoms with E-state index in [1.165, 1.54) is 12.3 Å². The molecule has 20 heavy (non-hydrogen) atoms. The molecule has 0 bridgehead atoms. The second kappa shape index (κ2) is 5.31. The van der Waals surface area contributed by atoms with Gasteiger partial charge in [-0.05, 0) is 24.3 Å². The van der Waals surface area contributed by atoms with Gasteiger partial charge in [0.15, 0.2) is 0 Å². The van der Waals surface area contributed by atoms with Gasteiger partial charge in [-0.1, -0.05) is 0 Å². The summed E-state index contributed by atoms with van der Waals surface area (Å²) in [7, 11) is 0. The van der Waals surface area contributed by atoms with E-state index >= 15 is 0 Å². The molecule has 0 aliphatic heterocycles. The van der Waals surface area contributed by atoms with Crippen LogP contribution in [0, 0.1) is 21.3 Å². The van der Waals surface area contributed by atoms with Crippen molar-refractivity contribution < 1.29 is 14.1 Å². The molecule has 0 aliphatic carbocycles. The Morgan fingerprint density at radius 2 is 2.20 bits per heavy atom. The normalized spacial score (nSPS) is 10.1. The largest absolute Gasteiger partial charge is 0.431 e. The van der Waals surface area contributed by atoms with Crippen molar-refractivity contribution in [3.05, 3.63) is 58.0 Å². The third-order valence-electron chi connectivity index (χ3n) is 2.39. The maximum atomic E-state index is 13.0. The molecule has 0 amide bonds. The summed E-state index contributed by atoms with van der Waals surface area (Å²) in [4.78, 5) is 13.9. The summed E-state index contributed by atoms with van der Waals surface area (Å²) in [5.41, 5.74) is 5.01. The molecule has 0 unspecified atom stereocenters. The Hall–Kier alpha value is -3.03. The zero-order chi connectivity index (χ0) is 14.7. The van der Waals surface area contributed by atoms with Gasteiger partial charge in [0.2, 0.25) is 11.6 Å². The van der Waals surface area contributed by atoms with Crippen LogP contribution in [0.5, 0.6) is 11.6 Å². The molecule has 0 spiro atoms. The van der Waals surface area contributed by atoms with Crippen molar-refractivity contribution in [2.24, 2.45) is 5.73 Å². The van der Waals surface area contributed by atoms with Crippen molar-refractivity contribution in [1.82, 2.24) is 4.98 Å². The van der Waals surface area contributed by atoms with E-state index in [2.05, 4.69) is 4.98 Å². The Morgan fingerprint density at radius 1 is 1.45 bits per heavy atom. The number of rotatable bonds is 4. The van der Waals surface area contributed by atoms with Gasteiger partial charge in [-0.3, -0.25) is 15.5 Å². The summed E-state index contributed by atoms with van der Waals surface area (Å²) in [5, 5.41) is 18.2. The number of aromatic nitrogens is 1. The lowest BCUT2D eigenvalue weighted by Crippen LogP contribution is -2.13. The highest BCUT2D eigenvalue weighted by Gasteiger charge is 2.19. The summed E-state index contributed by atoms with van der Waals surface area (Å²) >= 11 is 0. The monoisotopic (exact) mass is 276 g/mol. The molecule has 7 nitrogen and oxygen atoms in total. The fourth-order valence-corrected chi connectivity index (χ4v) is 1.50. The zero-order valence-corrected chi connectivity index (χ0v) is 10.0. The van der Waals surface area contributed by atoms with Gasteiger partial charge in [-0.15, -0.1) is 0 Å². The van der Waals surface area contributed by atoms with E-state index in [1.54, 1.807) is 6.07 Å². The second-order valence-electron chi connectivity index (χ2n) is 3.74. The lowest BCUT2D eigenvalue weighted by atomic mass is 10.2. The zero-order valence-electron chi connectivity index (χ0n) is 10.0. The predicted molar refractivity (Wildman–Crippen MR) is 68.4 cm³/mol. The summed E-state index contributed by atoms with van der Waals surface area (Å²) in [5.74, 6) is -1.29. The first kappa shape index (κ1) is 13.4. The molecule has 0 atom stereocenters. The van der Waals surface area contributed by atoms with E-state index in [0.717, 1.165) is 18.2 Å². The van der Waals surface area contributed by atoms with Gasteiger partial charge in [-0.25, -0.2) is 9.37 Å². The Bertz CT molecular complexity index is 690. The highest BCUT2D eigenvalue weighted by molar-refractivity contribution is 5.97. The summed E-state index contributed by atoms with van der Waals surface area (Å²) in [6.45, 7) is 0. The molecule has 1 aromatic heterocycles. The average Bonchev–Trinajstić information content (AvgIpc) is 2.41. The number of halogens is 1. The number of hydrogen-bond donors (Lipinski definition) is 2. The van der Waals surface area contributed by atoms with Crippen LogP contribution in [-0.2, 0) is 0 Å². The van der Waals surface area contributed by atoms with Crippen molar-refractivity contribution in [2.45, 2.75) is 0 Å². The Labute approximate surface area is 112 Å². The summed E-state index contributed by atoms with van der Waals surface area (Å²) < 4.78 is 18.3. The van der Waals surface area contributed by atoms with Crippen LogP contribution in [-0.4, -0.2) is 15.7 Å². The Kier molecular flexibility index (Phi) is 3.56. The van der Waals surface area contributed by atoms with Gasteiger partial charge in [0, 0.05) is 6.20 Å². The molecule has 2 rings (SSSR count). The van der Waals surface area contributed by atoms with Crippen LogP contribution in [0.15, 0.2) is 36.5 Å². The van der Waals surface area contributed by atoms with Crippen LogP contribution in [0.4, 0.5) is 10.1 Å². The third kappa shape index (κ3) is 2.69. The van der Waals surface area contributed by atoms with Crippen molar-refractivity contribution in [3.8, 4) is 11.6 Å². The van der Waals surface area contributed by atoms with Gasteiger partial charge in [0.1, 0.15) is 11.7 Å². The van der Waals surface area contributed by atoms with Gasteiger partial charge in [0.05, 0.1) is 16.6 Å². The number of ether oxygens (including phenoxy) is 1. The minimum Gasteiger partial charge on any atom is -0.431 e. The number of benzene rings is 1. The van der Waals surface area contributed by atoms with E-state index in [-0.39, 0.29) is 23.0 Å². The third-order valence-corrected chi connectivity index (χ3v) is 2.39. The highest BCUT2D eigenvalue weighted by Crippen LogP contribution is 2.32. The van der Waals surface area contributed by atoms with Crippen LogP contribution in [0.25, 0.3) is 0 Å². The van der Waals surface area contributed by atoms with E-state index < -0.39 is 16.4 Å². The Balaban J connectivity index is 2.45. The molecule has 1 aromatic carbocycles. The first-order chi connectivity index (χ1) is 9.49. The molecule has 0 fully saturated rings. The lowest BCUT2D eigenvalue weighted by molar-refractivity contribution is -0.385. The summed E-state index contributed by atoms with van der Waals surface area (Å²) in [6, 6.07) is 5.92. The number of nitro benzene ring substituents is 1. The van der Waals surface area contributed by atoms with Crippen LogP contribution >= 0.6 is 0 Å². The number of nitrogens with two attached hydrogens (primary N) is 1. The van der Waals surface area contributed by atoms with Crippen molar-refractivity contribution in [3.63, 3.8) is 0 Å². The van der Waals surface area contributed by atoms with Crippen LogP contribution in [0.3, 0.4) is 0 Å². The van der Waals surface area contributed by atoms with Crippen molar-refractivity contribution in [1.29, 1.82) is 5.41 Å². The minimum atomic E-state index is -0.769. The topological polar surface area (TPSA) is 115 Å². The lowest BCUT2D eigenvalue weighted by Gasteiger charge is -2.08. The number of nitrogens with zero attached hydrogens (tertiary/aromatic N) is 2. The van der Waals surface area contributed by atoms with E-state index in [1.807, 2.05) is 0 Å². The van der Waals surface area contributed by atoms with Gasteiger partial charge in [0.25, 0.3) is 0 Å². The van der Waals surface area contributed by atoms with E-state index in [9.17, 15) is 14.5 Å². The molecule has 1 heterocycles. The Morgan fingerprint density at radius 3 is 2.85 bits per heavy atom. The molecule has 2 aromatic rings. The van der Waals surface area contributed by atoms with Gasteiger partial charge in [-0.2, -0.15) is 0 Å². The minimum absolute atomic E-state index is 0.0605. The molecular formula is C12H9FN4O3. The van der Waals surface area contributed by atoms with Gasteiger partial charge < -0.3 is 10.5 Å². The second-order valence-corrected chi connectivity index (χ2v) is 3.74. The standard InChI is InChI=1S/C12H9FN4O3/c13-7-3-4-10(9(6-7)17(18)19)20-12-8(11(14)15)2-1-5-16-12/h1-6H,(H3,14,15). The molecule has 8 heteroatoms. The number of nitro groups is 1. The maximum absolute atomic E-state index is 13.0. The number of pyridine rings is 1. The first-order valence-electron chi connectivity index (χ1n) is 5.40. The quantitative estimate of drug-likeness (QED) is 0.384. The predicted octanol–water partition coefficient (Wildman–Crippen LogP) is 2.21. The van der Waals surface area contributed by atoms with Crippen molar-refractivity contribution >= 4 is 11.5 Å². The molecular weight excluding hydrogens is 267 g/mol. The van der Waals surface area contributed by atoms with Gasteiger partial charge >= 0.3 is 5.69 Å². The highest BCUT2D eigenvalue weighted by atomic mass is 19.1. The number of nitrogen functional groups attached to an aromatic ring is 1. The SMILES string of the molecule is N=C(N)c1cccnc1Oc1ccc(F)cc1[N+](=O)[O-]. The molecule has 0 saturated heterocycles. The van der Waals surface area contributed by atoms with Crippen LogP contribution in [0.2, 0.25) is 0 Å². The number of hydrogen-bond acceptors (Lipinski definition) is 5. The van der Waals surface area contributed by atoms with E-state index in [0.29, 0.717) is 0 Å². The van der Waals surface area contributed by atoms with Crippen LogP contribution < -0.4 is 10.5 Å². The number of nitrogens with one attached hydrogen (secondary N) is 1. The molecule has 0 radical (unpaired) electrons. The molecule has 0 aliphatic rings. The first-order valence-corrected chi connectivity index (χ1v) is 5.40. The number of amidine groups is 1. The summed E-state index contributed by atoms with van der Waals surface area (Å²) in [6.07, 6.45) is 1.39. The molecule has 0 saturated carbocycles. The maximum Gasteiger partial charge on any atom is 0.314 e. The fraction of sp³-hybridized carbons (Fsp3) is 0. The molecule has 3 N–H and O–H groups in total. The van der Waals surface area contributed by atoms with Crippen molar-refractivity contribution in [2.75, 3.05) is 0 Å². The van der Waals surface area contributed by atoms with E-state index in [4.69, 9.17) is 15.9 Å². The fourth-order valence-electron chi connectivity index (χ4n) is 1.50. The molecule has 102 valence electrons.